The SMILES string of the molecule is O=C(CP(=O)(c1ccccc1)c1ccccc1)N1CCNCC1. The molecule has 0 unspecified atom stereocenters. The Morgan fingerprint density at radius 2 is 1.39 bits per heavy atom. The van der Waals surface area contributed by atoms with Gasteiger partial charge in [-0.2, -0.15) is 0 Å². The minimum absolute atomic E-state index is 0.0254. The predicted molar refractivity (Wildman–Crippen MR) is 94.1 cm³/mol. The van der Waals surface area contributed by atoms with Crippen molar-refractivity contribution in [1.29, 1.82) is 0 Å². The predicted octanol–water partition coefficient (Wildman–Crippen LogP) is 1.43. The molecule has 1 N–H and O–H groups in total. The molecule has 4 nitrogen and oxygen atoms in total. The first-order valence-electron chi connectivity index (χ1n) is 7.89. The van der Waals surface area contributed by atoms with Crippen molar-refractivity contribution in [2.75, 3.05) is 32.3 Å². The Hall–Kier alpha value is -1.90. The van der Waals surface area contributed by atoms with Crippen LogP contribution in [0.2, 0.25) is 0 Å². The quantitative estimate of drug-likeness (QED) is 0.864. The Labute approximate surface area is 136 Å². The third kappa shape index (κ3) is 3.54. The summed E-state index contributed by atoms with van der Waals surface area (Å²) < 4.78 is 13.8. The van der Waals surface area contributed by atoms with Crippen molar-refractivity contribution in [3.63, 3.8) is 0 Å². The standard InChI is InChI=1S/C18H21N2O2P/c21-18(20-13-11-19-12-14-20)15-23(22,16-7-3-1-4-8-16)17-9-5-2-6-10-17/h1-10,19H,11-15H2. The van der Waals surface area contributed by atoms with Crippen LogP contribution in [-0.4, -0.2) is 43.1 Å². The summed E-state index contributed by atoms with van der Waals surface area (Å²) >= 11 is 0. The summed E-state index contributed by atoms with van der Waals surface area (Å²) in [5.41, 5.74) is 0. The zero-order valence-electron chi connectivity index (χ0n) is 13.0. The Kier molecular flexibility index (Phi) is 4.94. The number of hydrogen-bond donors (Lipinski definition) is 1. The molecule has 0 aromatic heterocycles. The van der Waals surface area contributed by atoms with Crippen LogP contribution in [0.15, 0.2) is 60.7 Å². The van der Waals surface area contributed by atoms with Gasteiger partial charge in [-0.05, 0) is 0 Å². The molecule has 23 heavy (non-hydrogen) atoms. The van der Waals surface area contributed by atoms with E-state index < -0.39 is 7.14 Å². The van der Waals surface area contributed by atoms with Crippen molar-refractivity contribution >= 4 is 23.7 Å². The molecule has 1 saturated heterocycles. The first-order chi connectivity index (χ1) is 11.2. The summed E-state index contributed by atoms with van der Waals surface area (Å²) in [6.07, 6.45) is 0.0566. The first kappa shape index (κ1) is 16.0. The van der Waals surface area contributed by atoms with Crippen LogP contribution in [0, 0.1) is 0 Å². The molecule has 2 aromatic rings. The molecule has 0 spiro atoms. The number of benzene rings is 2. The molecule has 120 valence electrons. The van der Waals surface area contributed by atoms with Crippen LogP contribution < -0.4 is 15.9 Å². The molecule has 0 saturated carbocycles. The van der Waals surface area contributed by atoms with Gasteiger partial charge in [-0.1, -0.05) is 60.7 Å². The molecule has 1 aliphatic rings. The van der Waals surface area contributed by atoms with Gasteiger partial charge in [-0.3, -0.25) is 4.79 Å². The van der Waals surface area contributed by atoms with Crippen LogP contribution in [0.3, 0.4) is 0 Å². The maximum atomic E-state index is 13.8. The minimum atomic E-state index is -2.96. The highest BCUT2D eigenvalue weighted by atomic mass is 31.2. The first-order valence-corrected chi connectivity index (χ1v) is 9.78. The van der Waals surface area contributed by atoms with Gasteiger partial charge in [-0.15, -0.1) is 0 Å². The summed E-state index contributed by atoms with van der Waals surface area (Å²) in [5, 5.41) is 4.72. The van der Waals surface area contributed by atoms with Crippen LogP contribution in [0.4, 0.5) is 0 Å². The molecule has 1 heterocycles. The summed E-state index contributed by atoms with van der Waals surface area (Å²) in [5.74, 6) is -0.0254. The second kappa shape index (κ2) is 7.12. The molecule has 0 atom stereocenters. The smallest absolute Gasteiger partial charge is 0.230 e. The lowest BCUT2D eigenvalue weighted by Gasteiger charge is -2.29. The maximum absolute atomic E-state index is 13.8. The monoisotopic (exact) mass is 328 g/mol. The van der Waals surface area contributed by atoms with E-state index in [1.807, 2.05) is 65.6 Å². The van der Waals surface area contributed by atoms with Crippen molar-refractivity contribution < 1.29 is 9.36 Å². The molecule has 1 aliphatic heterocycles. The van der Waals surface area contributed by atoms with Gasteiger partial charge in [0.2, 0.25) is 5.91 Å². The number of nitrogens with one attached hydrogen (secondary N) is 1. The number of amides is 1. The molecule has 2 aromatic carbocycles. The third-order valence-electron chi connectivity index (χ3n) is 4.17. The van der Waals surface area contributed by atoms with Crippen LogP contribution in [0.25, 0.3) is 0 Å². The van der Waals surface area contributed by atoms with Crippen molar-refractivity contribution in [1.82, 2.24) is 10.2 Å². The number of piperazine rings is 1. The highest BCUT2D eigenvalue weighted by Gasteiger charge is 2.32. The van der Waals surface area contributed by atoms with Crippen molar-refractivity contribution in [2.45, 2.75) is 0 Å². The summed E-state index contributed by atoms with van der Waals surface area (Å²) in [7, 11) is -2.96. The number of carbonyl (C=O) groups is 1. The lowest BCUT2D eigenvalue weighted by molar-refractivity contribution is -0.129. The third-order valence-corrected chi connectivity index (χ3v) is 7.15. The zero-order chi connectivity index (χ0) is 16.1. The van der Waals surface area contributed by atoms with E-state index in [9.17, 15) is 9.36 Å². The summed E-state index contributed by atoms with van der Waals surface area (Å²) in [6.45, 7) is 2.96. The van der Waals surface area contributed by atoms with Gasteiger partial charge in [-0.25, -0.2) is 0 Å². The Morgan fingerprint density at radius 1 is 0.913 bits per heavy atom. The average Bonchev–Trinajstić information content (AvgIpc) is 2.64. The van der Waals surface area contributed by atoms with E-state index in [2.05, 4.69) is 5.32 Å². The molecule has 0 bridgehead atoms. The Bertz CT molecular complexity index is 654. The number of nitrogens with zero attached hydrogens (tertiary/aromatic N) is 1. The minimum Gasteiger partial charge on any atom is -0.340 e. The van der Waals surface area contributed by atoms with Crippen LogP contribution in [-0.2, 0) is 9.36 Å². The average molecular weight is 328 g/mol. The normalized spacial score (nSPS) is 15.4. The van der Waals surface area contributed by atoms with Crippen LogP contribution >= 0.6 is 7.14 Å². The molecule has 0 radical (unpaired) electrons. The van der Waals surface area contributed by atoms with Crippen LogP contribution in [0.1, 0.15) is 0 Å². The van der Waals surface area contributed by atoms with Crippen molar-refractivity contribution in [3.05, 3.63) is 60.7 Å². The highest BCUT2D eigenvalue weighted by Crippen LogP contribution is 2.43. The van der Waals surface area contributed by atoms with E-state index in [4.69, 9.17) is 0 Å². The number of rotatable bonds is 4. The summed E-state index contributed by atoms with van der Waals surface area (Å²) in [6, 6.07) is 18.7. The molecule has 5 heteroatoms. The molecular formula is C18H21N2O2P. The molecular weight excluding hydrogens is 307 g/mol. The van der Waals surface area contributed by atoms with Gasteiger partial charge in [0.05, 0.1) is 6.16 Å². The van der Waals surface area contributed by atoms with Crippen molar-refractivity contribution in [3.8, 4) is 0 Å². The lowest BCUT2D eigenvalue weighted by atomic mass is 10.3. The van der Waals surface area contributed by atoms with Crippen molar-refractivity contribution in [2.24, 2.45) is 0 Å². The van der Waals surface area contributed by atoms with Crippen LogP contribution in [0.5, 0.6) is 0 Å². The molecule has 0 aliphatic carbocycles. The van der Waals surface area contributed by atoms with Gasteiger partial charge in [0.15, 0.2) is 7.14 Å². The zero-order valence-corrected chi connectivity index (χ0v) is 13.9. The topological polar surface area (TPSA) is 49.4 Å². The van der Waals surface area contributed by atoms with Gasteiger partial charge in [0.1, 0.15) is 0 Å². The van der Waals surface area contributed by atoms with E-state index >= 15 is 0 Å². The molecule has 1 fully saturated rings. The fraction of sp³-hybridized carbons (Fsp3) is 0.278. The Morgan fingerprint density at radius 3 is 1.87 bits per heavy atom. The summed E-state index contributed by atoms with van der Waals surface area (Å²) in [4.78, 5) is 14.5. The van der Waals surface area contributed by atoms with Gasteiger partial charge >= 0.3 is 0 Å². The second-order valence-electron chi connectivity index (χ2n) is 5.70. The van der Waals surface area contributed by atoms with E-state index in [-0.39, 0.29) is 12.1 Å². The number of hydrogen-bond acceptors (Lipinski definition) is 3. The maximum Gasteiger partial charge on any atom is 0.230 e. The van der Waals surface area contributed by atoms with Gasteiger partial charge in [0.25, 0.3) is 0 Å². The molecule has 3 rings (SSSR count). The fourth-order valence-corrected chi connectivity index (χ4v) is 5.43. The fourth-order valence-electron chi connectivity index (χ4n) is 2.87. The second-order valence-corrected chi connectivity index (χ2v) is 8.53. The Balaban J connectivity index is 1.93. The van der Waals surface area contributed by atoms with Gasteiger partial charge < -0.3 is 14.8 Å². The van der Waals surface area contributed by atoms with E-state index in [1.165, 1.54) is 0 Å². The number of carbonyl (C=O) groups excluding carboxylic acids is 1. The van der Waals surface area contributed by atoms with E-state index in [0.29, 0.717) is 13.1 Å². The van der Waals surface area contributed by atoms with Gasteiger partial charge in [0, 0.05) is 36.8 Å². The van der Waals surface area contributed by atoms with E-state index in [1.54, 1.807) is 0 Å². The van der Waals surface area contributed by atoms with E-state index in [0.717, 1.165) is 23.7 Å². The largest absolute Gasteiger partial charge is 0.340 e. The lowest BCUT2D eigenvalue weighted by Crippen LogP contribution is -2.47. The highest BCUT2D eigenvalue weighted by molar-refractivity contribution is 7.79. The molecule has 1 amide bonds.